The van der Waals surface area contributed by atoms with Crippen LogP contribution in [0.1, 0.15) is 24.5 Å². The molecule has 0 spiro atoms. The van der Waals surface area contributed by atoms with E-state index in [1.807, 2.05) is 6.92 Å². The predicted molar refractivity (Wildman–Crippen MR) is 61.5 cm³/mol. The first kappa shape index (κ1) is 12.4. The van der Waals surface area contributed by atoms with Gasteiger partial charge in [-0.3, -0.25) is 10.1 Å². The lowest BCUT2D eigenvalue weighted by molar-refractivity contribution is -0.386. The number of nitro groups is 1. The van der Waals surface area contributed by atoms with E-state index < -0.39 is 4.92 Å². The van der Waals surface area contributed by atoms with Gasteiger partial charge in [0.1, 0.15) is 0 Å². The van der Waals surface area contributed by atoms with Gasteiger partial charge in [0.05, 0.1) is 4.92 Å². The van der Waals surface area contributed by atoms with E-state index in [-0.39, 0.29) is 11.4 Å². The van der Waals surface area contributed by atoms with Crippen LogP contribution in [0.4, 0.5) is 5.69 Å². The lowest BCUT2D eigenvalue weighted by Gasteiger charge is -2.07. The number of phenolic OH excluding ortho intramolecular Hbond substituents is 1. The molecule has 0 aliphatic carbocycles. The van der Waals surface area contributed by atoms with Gasteiger partial charge in [-0.25, -0.2) is 0 Å². The van der Waals surface area contributed by atoms with Crippen molar-refractivity contribution in [3.8, 4) is 5.75 Å². The maximum atomic E-state index is 10.7. The van der Waals surface area contributed by atoms with E-state index in [0.29, 0.717) is 31.4 Å². The van der Waals surface area contributed by atoms with Crippen molar-refractivity contribution in [3.05, 3.63) is 33.4 Å². The number of aryl methyl sites for hydroxylation is 2. The van der Waals surface area contributed by atoms with Gasteiger partial charge in [0.15, 0.2) is 5.75 Å². The average molecular weight is 224 g/mol. The molecule has 0 aliphatic heterocycles. The topological polar surface area (TPSA) is 89.4 Å². The second kappa shape index (κ2) is 5.46. The number of aromatic hydroxyl groups is 1. The van der Waals surface area contributed by atoms with Crippen LogP contribution in [0.3, 0.4) is 0 Å². The normalized spacial score (nSPS) is 10.4. The van der Waals surface area contributed by atoms with E-state index in [2.05, 4.69) is 0 Å². The van der Waals surface area contributed by atoms with E-state index in [1.165, 1.54) is 6.07 Å². The van der Waals surface area contributed by atoms with E-state index >= 15 is 0 Å². The fourth-order valence-electron chi connectivity index (χ4n) is 1.57. The number of nitrogens with two attached hydrogens (primary N) is 1. The highest BCUT2D eigenvalue weighted by atomic mass is 16.6. The van der Waals surface area contributed by atoms with Gasteiger partial charge in [0.25, 0.3) is 0 Å². The summed E-state index contributed by atoms with van der Waals surface area (Å²) in [6.07, 6.45) is 1.98. The van der Waals surface area contributed by atoms with Gasteiger partial charge in [0.2, 0.25) is 0 Å². The SMILES string of the molecule is CCc1cc(CCCN)c(O)c([N+](=O)[O-])c1. The summed E-state index contributed by atoms with van der Waals surface area (Å²) >= 11 is 0. The first-order valence-electron chi connectivity index (χ1n) is 5.29. The molecule has 0 unspecified atom stereocenters. The maximum Gasteiger partial charge on any atom is 0.311 e. The van der Waals surface area contributed by atoms with Gasteiger partial charge < -0.3 is 10.8 Å². The van der Waals surface area contributed by atoms with E-state index in [4.69, 9.17) is 5.73 Å². The number of hydrogen-bond donors (Lipinski definition) is 2. The van der Waals surface area contributed by atoms with Crippen molar-refractivity contribution in [2.75, 3.05) is 6.54 Å². The lowest BCUT2D eigenvalue weighted by Crippen LogP contribution is -2.02. The second-order valence-corrected chi connectivity index (χ2v) is 3.63. The van der Waals surface area contributed by atoms with E-state index in [0.717, 1.165) is 5.56 Å². The van der Waals surface area contributed by atoms with Crippen molar-refractivity contribution in [3.63, 3.8) is 0 Å². The zero-order chi connectivity index (χ0) is 12.1. The molecule has 0 atom stereocenters. The number of phenols is 1. The Labute approximate surface area is 94.0 Å². The van der Waals surface area contributed by atoms with Crippen LogP contribution in [0.5, 0.6) is 5.75 Å². The highest BCUT2D eigenvalue weighted by Crippen LogP contribution is 2.32. The summed E-state index contributed by atoms with van der Waals surface area (Å²) in [5.41, 5.74) is 6.63. The summed E-state index contributed by atoms with van der Waals surface area (Å²) in [6.45, 7) is 2.42. The Kier molecular flexibility index (Phi) is 4.25. The third-order valence-corrected chi connectivity index (χ3v) is 2.48. The molecule has 0 aliphatic rings. The van der Waals surface area contributed by atoms with Crippen molar-refractivity contribution in [1.82, 2.24) is 0 Å². The summed E-state index contributed by atoms with van der Waals surface area (Å²) in [4.78, 5) is 10.2. The molecule has 1 aromatic carbocycles. The molecular weight excluding hydrogens is 208 g/mol. The van der Waals surface area contributed by atoms with Crippen LogP contribution in [0.2, 0.25) is 0 Å². The summed E-state index contributed by atoms with van der Waals surface area (Å²) in [7, 11) is 0. The lowest BCUT2D eigenvalue weighted by atomic mass is 10.0. The Morgan fingerprint density at radius 1 is 1.50 bits per heavy atom. The highest BCUT2D eigenvalue weighted by molar-refractivity contribution is 5.53. The van der Waals surface area contributed by atoms with Crippen molar-refractivity contribution < 1.29 is 10.0 Å². The third kappa shape index (κ3) is 2.70. The van der Waals surface area contributed by atoms with E-state index in [1.54, 1.807) is 6.07 Å². The Morgan fingerprint density at radius 2 is 2.19 bits per heavy atom. The molecule has 0 amide bonds. The molecule has 0 bridgehead atoms. The van der Waals surface area contributed by atoms with Crippen LogP contribution >= 0.6 is 0 Å². The molecule has 3 N–H and O–H groups in total. The minimum Gasteiger partial charge on any atom is -0.502 e. The smallest absolute Gasteiger partial charge is 0.311 e. The Morgan fingerprint density at radius 3 is 2.69 bits per heavy atom. The zero-order valence-electron chi connectivity index (χ0n) is 9.27. The molecule has 0 fully saturated rings. The van der Waals surface area contributed by atoms with Crippen LogP contribution in [0, 0.1) is 10.1 Å². The molecule has 16 heavy (non-hydrogen) atoms. The molecule has 0 radical (unpaired) electrons. The number of benzene rings is 1. The van der Waals surface area contributed by atoms with Crippen molar-refractivity contribution >= 4 is 5.69 Å². The van der Waals surface area contributed by atoms with Crippen LogP contribution in [0.15, 0.2) is 12.1 Å². The number of hydrogen-bond acceptors (Lipinski definition) is 4. The summed E-state index contributed by atoms with van der Waals surface area (Å²) < 4.78 is 0. The fraction of sp³-hybridized carbons (Fsp3) is 0.455. The number of nitrogens with zero attached hydrogens (tertiary/aromatic N) is 1. The Balaban J connectivity index is 3.15. The van der Waals surface area contributed by atoms with Gasteiger partial charge in [0, 0.05) is 11.6 Å². The van der Waals surface area contributed by atoms with Gasteiger partial charge in [-0.2, -0.15) is 0 Å². The molecular formula is C11H16N2O3. The van der Waals surface area contributed by atoms with Crippen molar-refractivity contribution in [2.24, 2.45) is 5.73 Å². The molecule has 1 aromatic rings. The quantitative estimate of drug-likeness (QED) is 0.589. The zero-order valence-corrected chi connectivity index (χ0v) is 9.27. The van der Waals surface area contributed by atoms with E-state index in [9.17, 15) is 15.2 Å². The minimum absolute atomic E-state index is 0.216. The third-order valence-electron chi connectivity index (χ3n) is 2.48. The van der Waals surface area contributed by atoms with Crippen LogP contribution in [-0.2, 0) is 12.8 Å². The molecule has 5 nitrogen and oxygen atoms in total. The van der Waals surface area contributed by atoms with Gasteiger partial charge in [-0.1, -0.05) is 13.0 Å². The summed E-state index contributed by atoms with van der Waals surface area (Å²) in [5, 5.41) is 20.5. The van der Waals surface area contributed by atoms with Crippen LogP contribution in [0.25, 0.3) is 0 Å². The Bertz CT molecular complexity index is 391. The molecule has 0 heterocycles. The van der Waals surface area contributed by atoms with Gasteiger partial charge >= 0.3 is 5.69 Å². The summed E-state index contributed by atoms with van der Waals surface area (Å²) in [6, 6.07) is 3.22. The molecule has 0 saturated carbocycles. The predicted octanol–water partition coefficient (Wildman–Crippen LogP) is 1.75. The Hall–Kier alpha value is -1.62. The maximum absolute atomic E-state index is 10.7. The fourth-order valence-corrected chi connectivity index (χ4v) is 1.57. The second-order valence-electron chi connectivity index (χ2n) is 3.63. The highest BCUT2D eigenvalue weighted by Gasteiger charge is 2.18. The number of rotatable bonds is 5. The first-order valence-corrected chi connectivity index (χ1v) is 5.29. The number of nitro benzene ring substituents is 1. The minimum atomic E-state index is -0.555. The monoisotopic (exact) mass is 224 g/mol. The standard InChI is InChI=1S/C11H16N2O3/c1-2-8-6-9(4-3-5-12)11(14)10(7-8)13(15)16/h6-7,14H,2-5,12H2,1H3. The largest absolute Gasteiger partial charge is 0.502 e. The molecule has 1 rings (SSSR count). The van der Waals surface area contributed by atoms with Crippen molar-refractivity contribution in [2.45, 2.75) is 26.2 Å². The molecule has 0 saturated heterocycles. The average Bonchev–Trinajstić information content (AvgIpc) is 2.27. The van der Waals surface area contributed by atoms with Crippen molar-refractivity contribution in [1.29, 1.82) is 0 Å². The molecule has 0 aromatic heterocycles. The molecule has 5 heteroatoms. The first-order chi connectivity index (χ1) is 7.60. The van der Waals surface area contributed by atoms with Crippen LogP contribution in [-0.4, -0.2) is 16.6 Å². The van der Waals surface area contributed by atoms with Crippen LogP contribution < -0.4 is 5.73 Å². The summed E-state index contributed by atoms with van der Waals surface area (Å²) in [5.74, 6) is -0.226. The van der Waals surface area contributed by atoms with Gasteiger partial charge in [-0.15, -0.1) is 0 Å². The molecule has 88 valence electrons. The van der Waals surface area contributed by atoms with Gasteiger partial charge in [-0.05, 0) is 31.4 Å².